The molecule has 0 spiro atoms. The summed E-state index contributed by atoms with van der Waals surface area (Å²) in [5.41, 5.74) is 0.504. The number of piperidine rings is 1. The largest absolute Gasteiger partial charge is 0.494 e. The van der Waals surface area contributed by atoms with Gasteiger partial charge in [0.15, 0.2) is 27.3 Å². The third-order valence-corrected chi connectivity index (χ3v) is 9.18. The molecule has 41 heavy (non-hydrogen) atoms. The van der Waals surface area contributed by atoms with E-state index in [1.807, 2.05) is 13.8 Å². The van der Waals surface area contributed by atoms with Gasteiger partial charge < -0.3 is 23.8 Å². The van der Waals surface area contributed by atoms with E-state index in [2.05, 4.69) is 20.2 Å². The molecule has 2 saturated heterocycles. The first-order valence-corrected chi connectivity index (χ1v) is 15.3. The van der Waals surface area contributed by atoms with Crippen LogP contribution in [0.15, 0.2) is 30.6 Å². The van der Waals surface area contributed by atoms with Crippen LogP contribution in [0.25, 0.3) is 5.69 Å². The Kier molecular flexibility index (Phi) is 8.71. The number of rotatable bonds is 10. The maximum absolute atomic E-state index is 14.1. The van der Waals surface area contributed by atoms with Crippen LogP contribution in [0.3, 0.4) is 0 Å². The monoisotopic (exact) mass is 590 g/mol. The number of hydrogen-bond acceptors (Lipinski definition) is 11. The zero-order chi connectivity index (χ0) is 29.1. The van der Waals surface area contributed by atoms with Crippen LogP contribution in [0.1, 0.15) is 50.9 Å². The Morgan fingerprint density at radius 3 is 2.41 bits per heavy atom. The number of hydrogen-bond donors (Lipinski definition) is 0. The predicted octanol–water partition coefficient (Wildman–Crippen LogP) is 3.05. The second-order valence-electron chi connectivity index (χ2n) is 10.4. The normalized spacial score (nSPS) is 21.4. The lowest BCUT2D eigenvalue weighted by molar-refractivity contribution is 0.00143. The van der Waals surface area contributed by atoms with E-state index in [0.29, 0.717) is 36.2 Å². The van der Waals surface area contributed by atoms with Gasteiger partial charge in [-0.3, -0.25) is 4.57 Å². The Bertz CT molecular complexity index is 1420. The molecule has 12 nitrogen and oxygen atoms in total. The SMILES string of the molecule is COc1cccc(OC)c1-n1c(CS(=O)(=O)[C@H]2C[C@@H](OC(C)C)CN(c3ncc(F)cn3)C2)nnc1[C@@H]1CCCO1. The van der Waals surface area contributed by atoms with Crippen molar-refractivity contribution in [3.63, 3.8) is 0 Å². The summed E-state index contributed by atoms with van der Waals surface area (Å²) in [7, 11) is -0.760. The molecule has 5 rings (SSSR count). The number of methoxy groups -OCH3 is 2. The van der Waals surface area contributed by atoms with Gasteiger partial charge in [-0.1, -0.05) is 6.07 Å². The molecule has 2 aromatic heterocycles. The number of sulfone groups is 1. The van der Waals surface area contributed by atoms with Gasteiger partial charge in [-0.25, -0.2) is 22.8 Å². The van der Waals surface area contributed by atoms with E-state index in [9.17, 15) is 12.8 Å². The zero-order valence-corrected chi connectivity index (χ0v) is 24.4. The van der Waals surface area contributed by atoms with E-state index in [1.165, 1.54) is 14.2 Å². The van der Waals surface area contributed by atoms with Crippen LogP contribution in [-0.2, 0) is 25.1 Å². The molecule has 222 valence electrons. The fourth-order valence-electron chi connectivity index (χ4n) is 5.39. The molecule has 1 aromatic carbocycles. The predicted molar refractivity (Wildman–Crippen MR) is 148 cm³/mol. The number of nitrogens with zero attached hydrogens (tertiary/aromatic N) is 6. The highest BCUT2D eigenvalue weighted by atomic mass is 32.2. The van der Waals surface area contributed by atoms with Crippen LogP contribution in [0.5, 0.6) is 11.5 Å². The Labute approximate surface area is 238 Å². The average molecular weight is 591 g/mol. The Balaban J connectivity index is 1.52. The molecular formula is C27H35FN6O6S. The second-order valence-corrected chi connectivity index (χ2v) is 12.7. The smallest absolute Gasteiger partial charge is 0.225 e. The van der Waals surface area contributed by atoms with Gasteiger partial charge in [-0.05, 0) is 45.2 Å². The van der Waals surface area contributed by atoms with E-state index < -0.39 is 32.8 Å². The van der Waals surface area contributed by atoms with Gasteiger partial charge in [-0.15, -0.1) is 10.2 Å². The molecule has 0 bridgehead atoms. The van der Waals surface area contributed by atoms with Crippen molar-refractivity contribution in [2.75, 3.05) is 38.8 Å². The second kappa shape index (κ2) is 12.2. The van der Waals surface area contributed by atoms with Crippen molar-refractivity contribution in [3.8, 4) is 17.2 Å². The number of ether oxygens (including phenoxy) is 4. The van der Waals surface area contributed by atoms with Crippen molar-refractivity contribution in [3.05, 3.63) is 48.1 Å². The van der Waals surface area contributed by atoms with E-state index in [4.69, 9.17) is 18.9 Å². The highest BCUT2D eigenvalue weighted by Crippen LogP contribution is 2.38. The quantitative estimate of drug-likeness (QED) is 0.345. The van der Waals surface area contributed by atoms with Crippen molar-refractivity contribution < 1.29 is 31.8 Å². The highest BCUT2D eigenvalue weighted by Gasteiger charge is 2.39. The van der Waals surface area contributed by atoms with Crippen LogP contribution in [-0.4, -0.2) is 84.5 Å². The first-order chi connectivity index (χ1) is 19.7. The summed E-state index contributed by atoms with van der Waals surface area (Å²) in [6.07, 6.45) is 3.13. The van der Waals surface area contributed by atoms with Gasteiger partial charge in [0.05, 0.1) is 44.1 Å². The minimum atomic E-state index is -3.83. The maximum atomic E-state index is 14.1. The van der Waals surface area contributed by atoms with Crippen LogP contribution in [0.4, 0.5) is 10.3 Å². The number of aromatic nitrogens is 5. The molecule has 3 aromatic rings. The lowest BCUT2D eigenvalue weighted by Crippen LogP contribution is -2.51. The van der Waals surface area contributed by atoms with E-state index in [0.717, 1.165) is 25.2 Å². The van der Waals surface area contributed by atoms with Crippen LogP contribution < -0.4 is 14.4 Å². The van der Waals surface area contributed by atoms with Gasteiger partial charge in [0.2, 0.25) is 5.95 Å². The molecule has 3 atom stereocenters. The standard InChI is InChI=1S/C27H35FN6O6S/c1-17(2)40-19-11-20(15-33(14-19)27-29-12-18(28)13-30-27)41(35,36)16-24-31-32-26(23-9-6-10-39-23)34(24)25-21(37-3)7-5-8-22(25)38-4/h5,7-8,12-13,17,19-20,23H,6,9-11,14-16H2,1-4H3/t19-,20+,23+/m1/s1. The van der Waals surface area contributed by atoms with Crippen LogP contribution in [0, 0.1) is 5.82 Å². The first kappa shape index (κ1) is 29.1. The van der Waals surface area contributed by atoms with Gasteiger partial charge in [-0.2, -0.15) is 0 Å². The van der Waals surface area contributed by atoms with Crippen molar-refractivity contribution in [2.45, 2.75) is 62.4 Å². The lowest BCUT2D eigenvalue weighted by Gasteiger charge is -2.38. The van der Waals surface area contributed by atoms with Crippen molar-refractivity contribution in [1.82, 2.24) is 24.7 Å². The summed E-state index contributed by atoms with van der Waals surface area (Å²) in [6, 6.07) is 5.33. The molecule has 2 aliphatic heterocycles. The van der Waals surface area contributed by atoms with Crippen molar-refractivity contribution in [2.24, 2.45) is 0 Å². The minimum absolute atomic E-state index is 0.118. The number of anilines is 1. The van der Waals surface area contributed by atoms with Gasteiger partial charge in [0, 0.05) is 19.7 Å². The third-order valence-electron chi connectivity index (χ3n) is 7.16. The summed E-state index contributed by atoms with van der Waals surface area (Å²) >= 11 is 0. The number of benzene rings is 1. The molecule has 2 fully saturated rings. The third kappa shape index (κ3) is 6.28. The molecule has 0 unspecified atom stereocenters. The highest BCUT2D eigenvalue weighted by molar-refractivity contribution is 7.91. The van der Waals surface area contributed by atoms with Crippen LogP contribution >= 0.6 is 0 Å². The zero-order valence-electron chi connectivity index (χ0n) is 23.6. The molecule has 0 amide bonds. The summed E-state index contributed by atoms with van der Waals surface area (Å²) < 4.78 is 66.6. The van der Waals surface area contributed by atoms with Crippen molar-refractivity contribution >= 4 is 15.8 Å². The fourth-order valence-corrected chi connectivity index (χ4v) is 7.09. The summed E-state index contributed by atoms with van der Waals surface area (Å²) in [5.74, 6) is 0.931. The molecule has 0 aliphatic carbocycles. The fraction of sp³-hybridized carbons (Fsp3) is 0.556. The van der Waals surface area contributed by atoms with Gasteiger partial charge in [0.1, 0.15) is 29.0 Å². The summed E-state index contributed by atoms with van der Waals surface area (Å²) in [5, 5.41) is 7.93. The lowest BCUT2D eigenvalue weighted by atomic mass is 10.1. The average Bonchev–Trinajstić information content (AvgIpc) is 3.62. The van der Waals surface area contributed by atoms with E-state index >= 15 is 0 Å². The van der Waals surface area contributed by atoms with Crippen molar-refractivity contribution in [1.29, 1.82) is 0 Å². The van der Waals surface area contributed by atoms with Crippen LogP contribution in [0.2, 0.25) is 0 Å². The van der Waals surface area contributed by atoms with E-state index in [1.54, 1.807) is 27.7 Å². The Hall–Kier alpha value is -3.36. The number of halogens is 1. The molecular weight excluding hydrogens is 555 g/mol. The van der Waals surface area contributed by atoms with Gasteiger partial charge >= 0.3 is 0 Å². The topological polar surface area (TPSA) is 131 Å². The molecule has 2 aliphatic rings. The van der Waals surface area contributed by atoms with Gasteiger partial charge in [0.25, 0.3) is 0 Å². The molecule has 0 saturated carbocycles. The molecule has 0 radical (unpaired) electrons. The Morgan fingerprint density at radius 1 is 1.10 bits per heavy atom. The minimum Gasteiger partial charge on any atom is -0.494 e. The summed E-state index contributed by atoms with van der Waals surface area (Å²) in [4.78, 5) is 9.88. The summed E-state index contributed by atoms with van der Waals surface area (Å²) in [6.45, 7) is 4.87. The first-order valence-electron chi connectivity index (χ1n) is 13.6. The molecule has 4 heterocycles. The molecule has 14 heteroatoms. The van der Waals surface area contributed by atoms with E-state index in [-0.39, 0.29) is 36.9 Å². The molecule has 0 N–H and O–H groups in total. The Morgan fingerprint density at radius 2 is 1.80 bits per heavy atom. The number of para-hydroxylation sites is 1. The maximum Gasteiger partial charge on any atom is 0.225 e.